The summed E-state index contributed by atoms with van der Waals surface area (Å²) in [5, 5.41) is 94.8. The summed E-state index contributed by atoms with van der Waals surface area (Å²) in [5.41, 5.74) is 0.296. The topological polar surface area (TPSA) is 208 Å². The van der Waals surface area contributed by atoms with E-state index in [0.29, 0.717) is 12.0 Å². The number of cyclic esters (lactones) is 1. The molecule has 0 bridgehead atoms. The van der Waals surface area contributed by atoms with E-state index in [-0.39, 0.29) is 6.42 Å². The molecule has 11 unspecified atom stereocenters. The van der Waals surface area contributed by atoms with Crippen molar-refractivity contribution in [3.05, 3.63) is 60.3 Å². The Kier molecular flexibility index (Phi) is 17.1. The SMILES string of the molecule is CCCCCC(O)C1C(=O)OC(C)C(O)\C=C/C=C\C=C/C=C\C=C(\C)C(O)C(O)C(O)CC(O)C(O)C(O)C1O. The monoisotopic (exact) mass is 584 g/mol. The predicted molar refractivity (Wildman–Crippen MR) is 152 cm³/mol. The number of aliphatic hydroxyl groups excluding tert-OH is 9. The number of rotatable bonds is 5. The van der Waals surface area contributed by atoms with Crippen LogP contribution < -0.4 is 0 Å². The van der Waals surface area contributed by atoms with Crippen molar-refractivity contribution in [3.8, 4) is 0 Å². The number of allylic oxidation sites excluding steroid dienone is 8. The zero-order valence-corrected chi connectivity index (χ0v) is 23.9. The average molecular weight is 585 g/mol. The molecule has 0 aromatic rings. The first-order valence-corrected chi connectivity index (χ1v) is 14.0. The first-order chi connectivity index (χ1) is 19.3. The van der Waals surface area contributed by atoms with Crippen LogP contribution in [0.5, 0.6) is 0 Å². The largest absolute Gasteiger partial charge is 0.459 e. The summed E-state index contributed by atoms with van der Waals surface area (Å²) in [4.78, 5) is 13.1. The molecule has 1 aliphatic rings. The minimum atomic E-state index is -2.18. The molecule has 0 aliphatic carbocycles. The number of esters is 1. The molecular weight excluding hydrogens is 536 g/mol. The van der Waals surface area contributed by atoms with Gasteiger partial charge in [-0.3, -0.25) is 4.79 Å². The summed E-state index contributed by atoms with van der Waals surface area (Å²) in [6.45, 7) is 4.86. The zero-order chi connectivity index (χ0) is 31.1. The van der Waals surface area contributed by atoms with Crippen LogP contribution in [0.15, 0.2) is 60.3 Å². The molecule has 0 fully saturated rings. The Morgan fingerprint density at radius 3 is 1.98 bits per heavy atom. The number of carbonyl (C=O) groups is 1. The molecule has 0 aromatic carbocycles. The van der Waals surface area contributed by atoms with Crippen LogP contribution in [-0.4, -0.2) is 113 Å². The first-order valence-electron chi connectivity index (χ1n) is 14.0. The molecule has 11 nitrogen and oxygen atoms in total. The summed E-state index contributed by atoms with van der Waals surface area (Å²) in [6, 6.07) is 0. The molecule has 11 atom stereocenters. The zero-order valence-electron chi connectivity index (χ0n) is 23.9. The van der Waals surface area contributed by atoms with Crippen LogP contribution in [0.2, 0.25) is 0 Å². The van der Waals surface area contributed by atoms with Crippen molar-refractivity contribution in [2.75, 3.05) is 0 Å². The molecule has 9 N–H and O–H groups in total. The molecule has 0 amide bonds. The highest BCUT2D eigenvalue weighted by Gasteiger charge is 2.43. The van der Waals surface area contributed by atoms with Crippen molar-refractivity contribution in [3.63, 3.8) is 0 Å². The Morgan fingerprint density at radius 2 is 1.37 bits per heavy atom. The number of hydrogen-bond donors (Lipinski definition) is 9. The minimum absolute atomic E-state index is 0.0652. The van der Waals surface area contributed by atoms with Gasteiger partial charge in [-0.05, 0) is 25.8 Å². The summed E-state index contributed by atoms with van der Waals surface area (Å²) in [5.74, 6) is -2.88. The van der Waals surface area contributed by atoms with E-state index < -0.39 is 79.3 Å². The van der Waals surface area contributed by atoms with Crippen LogP contribution in [-0.2, 0) is 9.53 Å². The van der Waals surface area contributed by atoms with Gasteiger partial charge in [-0.15, -0.1) is 0 Å². The lowest BCUT2D eigenvalue weighted by Gasteiger charge is -2.34. The highest BCUT2D eigenvalue weighted by atomic mass is 16.6. The first kappa shape index (κ1) is 36.8. The molecular formula is C30H48O11. The normalized spacial score (nSPS) is 40.4. The van der Waals surface area contributed by atoms with Gasteiger partial charge in [0.25, 0.3) is 0 Å². The minimum Gasteiger partial charge on any atom is -0.459 e. The second-order valence-corrected chi connectivity index (χ2v) is 10.4. The maximum absolute atomic E-state index is 13.1. The van der Waals surface area contributed by atoms with Crippen molar-refractivity contribution in [2.24, 2.45) is 5.92 Å². The van der Waals surface area contributed by atoms with E-state index in [0.717, 1.165) is 12.8 Å². The number of carbonyl (C=O) groups excluding carboxylic acids is 1. The van der Waals surface area contributed by atoms with Crippen LogP contribution in [0.4, 0.5) is 0 Å². The van der Waals surface area contributed by atoms with Gasteiger partial charge in [0.05, 0.1) is 24.4 Å². The molecule has 0 aromatic heterocycles. The molecule has 11 heteroatoms. The molecule has 0 spiro atoms. The maximum atomic E-state index is 13.1. The van der Waals surface area contributed by atoms with Crippen LogP contribution in [0, 0.1) is 5.92 Å². The third-order valence-corrected chi connectivity index (χ3v) is 7.04. The lowest BCUT2D eigenvalue weighted by molar-refractivity contribution is -0.180. The van der Waals surface area contributed by atoms with Crippen LogP contribution in [0.25, 0.3) is 0 Å². The Bertz CT molecular complexity index is 912. The summed E-state index contributed by atoms with van der Waals surface area (Å²) in [7, 11) is 0. The third-order valence-electron chi connectivity index (χ3n) is 7.04. The number of ether oxygens (including phenoxy) is 1. The number of hydrogen-bond acceptors (Lipinski definition) is 11. The highest BCUT2D eigenvalue weighted by Crippen LogP contribution is 2.24. The summed E-state index contributed by atoms with van der Waals surface area (Å²) < 4.78 is 5.29. The van der Waals surface area contributed by atoms with Gasteiger partial charge in [-0.1, -0.05) is 80.9 Å². The lowest BCUT2D eigenvalue weighted by atomic mass is 9.85. The van der Waals surface area contributed by atoms with Gasteiger partial charge < -0.3 is 50.7 Å². The van der Waals surface area contributed by atoms with Crippen LogP contribution in [0.3, 0.4) is 0 Å². The van der Waals surface area contributed by atoms with Crippen molar-refractivity contribution < 1.29 is 55.5 Å². The molecule has 0 radical (unpaired) electrons. The van der Waals surface area contributed by atoms with Crippen molar-refractivity contribution in [2.45, 2.75) is 114 Å². The second-order valence-electron chi connectivity index (χ2n) is 10.4. The van der Waals surface area contributed by atoms with Crippen LogP contribution >= 0.6 is 0 Å². The van der Waals surface area contributed by atoms with E-state index >= 15 is 0 Å². The maximum Gasteiger partial charge on any atom is 0.314 e. The van der Waals surface area contributed by atoms with Crippen molar-refractivity contribution in [1.29, 1.82) is 0 Å². The average Bonchev–Trinajstić information content (AvgIpc) is 2.93. The van der Waals surface area contributed by atoms with Gasteiger partial charge in [-0.25, -0.2) is 0 Å². The fourth-order valence-electron chi connectivity index (χ4n) is 4.25. The van der Waals surface area contributed by atoms with E-state index in [4.69, 9.17) is 4.74 Å². The fourth-order valence-corrected chi connectivity index (χ4v) is 4.25. The van der Waals surface area contributed by atoms with Gasteiger partial charge in [0.2, 0.25) is 0 Å². The molecule has 1 aliphatic heterocycles. The van der Waals surface area contributed by atoms with Gasteiger partial charge in [-0.2, -0.15) is 0 Å². The standard InChI is InChI=1S/C30H48O11/c1-4-5-11-16-21(32)24-28(38)29(39)27(37)23(34)17-22(33)26(36)25(35)18(2)14-12-9-7-6-8-10-13-15-20(31)19(3)41-30(24)40/h6-10,12-15,19-29,31-39H,4-5,11,16-17H2,1-3H3/b7-6-,10-8-,12-9-,15-13-,18-14-. The Morgan fingerprint density at radius 1 is 0.805 bits per heavy atom. The fraction of sp³-hybridized carbons (Fsp3) is 0.633. The Balaban J connectivity index is 3.34. The van der Waals surface area contributed by atoms with Gasteiger partial charge in [0, 0.05) is 6.42 Å². The van der Waals surface area contributed by atoms with Crippen molar-refractivity contribution in [1.82, 2.24) is 0 Å². The van der Waals surface area contributed by atoms with E-state index in [1.807, 2.05) is 6.92 Å². The van der Waals surface area contributed by atoms with Gasteiger partial charge >= 0.3 is 5.97 Å². The quantitative estimate of drug-likeness (QED) is 0.154. The van der Waals surface area contributed by atoms with E-state index in [1.165, 1.54) is 32.1 Å². The molecule has 234 valence electrons. The molecule has 1 rings (SSSR count). The molecule has 0 saturated carbocycles. The third kappa shape index (κ3) is 12.3. The summed E-state index contributed by atoms with van der Waals surface area (Å²) >= 11 is 0. The summed E-state index contributed by atoms with van der Waals surface area (Å²) in [6.07, 6.45) is -1.45. The molecule has 0 saturated heterocycles. The lowest BCUT2D eigenvalue weighted by Crippen LogP contribution is -2.53. The number of aliphatic hydroxyl groups is 9. The van der Waals surface area contributed by atoms with E-state index in [2.05, 4.69) is 0 Å². The van der Waals surface area contributed by atoms with E-state index in [1.54, 1.807) is 36.5 Å². The molecule has 41 heavy (non-hydrogen) atoms. The van der Waals surface area contributed by atoms with Gasteiger partial charge in [0.1, 0.15) is 42.5 Å². The van der Waals surface area contributed by atoms with Crippen molar-refractivity contribution >= 4 is 5.97 Å². The highest BCUT2D eigenvalue weighted by molar-refractivity contribution is 5.74. The molecule has 1 heterocycles. The van der Waals surface area contributed by atoms with Gasteiger partial charge in [0.15, 0.2) is 0 Å². The predicted octanol–water partition coefficient (Wildman–Crippen LogP) is -0.0625. The number of unbranched alkanes of at least 4 members (excludes halogenated alkanes) is 2. The van der Waals surface area contributed by atoms with Crippen LogP contribution in [0.1, 0.15) is 52.9 Å². The Labute approximate surface area is 241 Å². The smallest absolute Gasteiger partial charge is 0.314 e. The van der Waals surface area contributed by atoms with E-state index in [9.17, 15) is 50.8 Å². The Hall–Kier alpha value is -2.19. The second kappa shape index (κ2) is 19.1.